The van der Waals surface area contributed by atoms with Crippen LogP contribution in [0.1, 0.15) is 29.9 Å². The number of rotatable bonds is 5. The predicted molar refractivity (Wildman–Crippen MR) is 102 cm³/mol. The number of nitrogen functional groups attached to an aromatic ring is 1. The molecule has 0 saturated heterocycles. The average Bonchev–Trinajstić information content (AvgIpc) is 3.11. The van der Waals surface area contributed by atoms with E-state index in [4.69, 9.17) is 15.4 Å². The van der Waals surface area contributed by atoms with Crippen molar-refractivity contribution in [1.82, 2.24) is 10.3 Å². The maximum Gasteiger partial charge on any atom is 0.231 e. The first-order valence-corrected chi connectivity index (χ1v) is 9.01. The van der Waals surface area contributed by atoms with Gasteiger partial charge in [0.2, 0.25) is 5.91 Å². The van der Waals surface area contributed by atoms with Crippen LogP contribution in [0, 0.1) is 22.7 Å². The fourth-order valence-corrected chi connectivity index (χ4v) is 3.27. The van der Waals surface area contributed by atoms with Gasteiger partial charge in [0, 0.05) is 5.39 Å². The lowest BCUT2D eigenvalue weighted by molar-refractivity contribution is -0.119. The molecule has 8 heteroatoms. The summed E-state index contributed by atoms with van der Waals surface area (Å²) in [6.07, 6.45) is 0. The average molecular weight is 377 g/mol. The summed E-state index contributed by atoms with van der Waals surface area (Å²) in [7, 11) is 0. The van der Waals surface area contributed by atoms with E-state index in [1.807, 2.05) is 49.4 Å². The zero-order valence-electron chi connectivity index (χ0n) is 14.4. The molecule has 0 radical (unpaired) electrons. The maximum absolute atomic E-state index is 12.3. The molecule has 3 N–H and O–H groups in total. The largest absolute Gasteiger partial charge is 0.459 e. The molecule has 3 rings (SSSR count). The number of benzene rings is 1. The minimum atomic E-state index is -0.306. The van der Waals surface area contributed by atoms with Crippen molar-refractivity contribution in [2.75, 3.05) is 11.5 Å². The molecular weight excluding hydrogens is 362 g/mol. The van der Waals surface area contributed by atoms with Crippen LogP contribution in [-0.4, -0.2) is 16.6 Å². The number of para-hydroxylation sites is 1. The van der Waals surface area contributed by atoms with Crippen molar-refractivity contribution in [3.63, 3.8) is 0 Å². The summed E-state index contributed by atoms with van der Waals surface area (Å²) in [5.41, 5.74) is 6.80. The van der Waals surface area contributed by atoms with Crippen LogP contribution in [0.4, 0.5) is 5.82 Å². The number of aromatic nitrogens is 1. The number of hydrogen-bond donors (Lipinski definition) is 2. The van der Waals surface area contributed by atoms with E-state index in [1.54, 1.807) is 0 Å². The van der Waals surface area contributed by atoms with Gasteiger partial charge in [0.15, 0.2) is 0 Å². The van der Waals surface area contributed by atoms with Gasteiger partial charge < -0.3 is 15.5 Å². The highest BCUT2D eigenvalue weighted by molar-refractivity contribution is 8.00. The predicted octanol–water partition coefficient (Wildman–Crippen LogP) is 3.12. The minimum Gasteiger partial charge on any atom is -0.459 e. The third-order valence-electron chi connectivity index (χ3n) is 3.85. The zero-order valence-corrected chi connectivity index (χ0v) is 15.2. The molecule has 1 atom stereocenters. The lowest BCUT2D eigenvalue weighted by Gasteiger charge is -2.11. The minimum absolute atomic E-state index is 0.0371. The molecule has 0 fully saturated rings. The van der Waals surface area contributed by atoms with E-state index in [1.165, 1.54) is 6.07 Å². The Morgan fingerprint density at radius 2 is 2.04 bits per heavy atom. The number of nitriles is 2. The number of anilines is 1. The molecule has 27 heavy (non-hydrogen) atoms. The molecule has 0 aliphatic heterocycles. The van der Waals surface area contributed by atoms with Gasteiger partial charge in [-0.3, -0.25) is 4.79 Å². The Hall–Kier alpha value is -3.49. The maximum atomic E-state index is 12.3. The van der Waals surface area contributed by atoms with E-state index in [9.17, 15) is 10.1 Å². The number of nitrogens with zero attached hydrogens (tertiary/aromatic N) is 3. The molecule has 2 heterocycles. The van der Waals surface area contributed by atoms with Crippen LogP contribution >= 0.6 is 11.8 Å². The molecular formula is C19H15N5O2S. The van der Waals surface area contributed by atoms with Crippen LogP contribution < -0.4 is 11.1 Å². The molecule has 0 aliphatic rings. The highest BCUT2D eigenvalue weighted by atomic mass is 32.2. The first-order chi connectivity index (χ1) is 13.0. The van der Waals surface area contributed by atoms with Crippen molar-refractivity contribution in [2.24, 2.45) is 0 Å². The number of pyridine rings is 1. The van der Waals surface area contributed by atoms with E-state index in [0.29, 0.717) is 10.8 Å². The summed E-state index contributed by atoms with van der Waals surface area (Å²) in [5.74, 6) is 0.516. The number of carbonyl (C=O) groups excluding carboxylic acids is 1. The van der Waals surface area contributed by atoms with Crippen molar-refractivity contribution < 1.29 is 9.21 Å². The molecule has 0 saturated carbocycles. The number of furan rings is 1. The summed E-state index contributed by atoms with van der Waals surface area (Å²) >= 11 is 1.09. The molecule has 0 aliphatic carbocycles. The second kappa shape index (κ2) is 7.81. The molecule has 0 unspecified atom stereocenters. The molecule has 7 nitrogen and oxygen atoms in total. The molecule has 1 amide bonds. The molecule has 0 bridgehead atoms. The van der Waals surface area contributed by atoms with Crippen LogP contribution in [0.15, 0.2) is 45.8 Å². The van der Waals surface area contributed by atoms with Crippen molar-refractivity contribution in [1.29, 1.82) is 10.5 Å². The Morgan fingerprint density at radius 3 is 2.74 bits per heavy atom. The van der Waals surface area contributed by atoms with Gasteiger partial charge in [0.1, 0.15) is 34.3 Å². The van der Waals surface area contributed by atoms with Crippen LogP contribution in [0.25, 0.3) is 11.0 Å². The fraction of sp³-hybridized carbons (Fsp3) is 0.158. The second-order valence-electron chi connectivity index (χ2n) is 5.76. The van der Waals surface area contributed by atoms with Crippen LogP contribution in [0.5, 0.6) is 0 Å². The van der Waals surface area contributed by atoms with Gasteiger partial charge in [-0.2, -0.15) is 10.5 Å². The van der Waals surface area contributed by atoms with Crippen LogP contribution in [0.2, 0.25) is 0 Å². The second-order valence-corrected chi connectivity index (χ2v) is 6.73. The number of hydrogen-bond acceptors (Lipinski definition) is 7. The number of nitrogens with one attached hydrogen (secondary N) is 1. The topological polar surface area (TPSA) is 129 Å². The van der Waals surface area contributed by atoms with Gasteiger partial charge in [-0.1, -0.05) is 30.0 Å². The van der Waals surface area contributed by atoms with Crippen molar-refractivity contribution in [3.05, 3.63) is 53.3 Å². The lowest BCUT2D eigenvalue weighted by Crippen LogP contribution is -2.28. The first kappa shape index (κ1) is 18.3. The van der Waals surface area contributed by atoms with Crippen molar-refractivity contribution in [2.45, 2.75) is 18.0 Å². The molecule has 0 spiro atoms. The van der Waals surface area contributed by atoms with E-state index < -0.39 is 0 Å². The van der Waals surface area contributed by atoms with Crippen LogP contribution in [0.3, 0.4) is 0 Å². The number of nitrogens with two attached hydrogens (primary N) is 1. The third-order valence-corrected chi connectivity index (χ3v) is 4.84. The number of carbonyl (C=O) groups is 1. The third kappa shape index (κ3) is 4.02. The number of thioether (sulfide) groups is 1. The smallest absolute Gasteiger partial charge is 0.231 e. The summed E-state index contributed by atoms with van der Waals surface area (Å²) in [6, 6.07) is 14.4. The molecule has 2 aromatic heterocycles. The van der Waals surface area contributed by atoms with Crippen molar-refractivity contribution >= 4 is 34.5 Å². The molecule has 1 aromatic carbocycles. The van der Waals surface area contributed by atoms with Crippen molar-refractivity contribution in [3.8, 4) is 12.1 Å². The van der Waals surface area contributed by atoms with E-state index >= 15 is 0 Å². The van der Waals surface area contributed by atoms with Gasteiger partial charge in [-0.15, -0.1) is 0 Å². The first-order valence-electron chi connectivity index (χ1n) is 8.03. The Labute approximate surface area is 159 Å². The Balaban J connectivity index is 1.65. The van der Waals surface area contributed by atoms with E-state index in [-0.39, 0.29) is 34.6 Å². The van der Waals surface area contributed by atoms with Gasteiger partial charge >= 0.3 is 0 Å². The Bertz CT molecular complexity index is 1060. The zero-order chi connectivity index (χ0) is 19.4. The van der Waals surface area contributed by atoms with Crippen LogP contribution in [-0.2, 0) is 4.79 Å². The summed E-state index contributed by atoms with van der Waals surface area (Å²) in [6.45, 7) is 1.83. The van der Waals surface area contributed by atoms with Gasteiger partial charge in [0.05, 0.1) is 22.9 Å². The van der Waals surface area contributed by atoms with E-state index in [0.717, 1.165) is 22.7 Å². The highest BCUT2D eigenvalue weighted by Gasteiger charge is 2.16. The molecule has 3 aromatic rings. The van der Waals surface area contributed by atoms with Gasteiger partial charge in [-0.05, 0) is 25.1 Å². The Morgan fingerprint density at radius 1 is 1.30 bits per heavy atom. The number of amides is 1. The Kier molecular flexibility index (Phi) is 5.30. The molecule has 134 valence electrons. The lowest BCUT2D eigenvalue weighted by atomic mass is 10.2. The fourth-order valence-electron chi connectivity index (χ4n) is 2.49. The highest BCUT2D eigenvalue weighted by Crippen LogP contribution is 2.25. The standard InChI is InChI=1S/C19H15N5O2S/c1-11(16-7-12-4-2-3-5-15(12)26-16)23-17(25)10-27-19-14(9-21)6-13(8-20)18(22)24-19/h2-7,11H,10H2,1H3,(H2,22,24)(H,23,25)/t11-/m1/s1. The van der Waals surface area contributed by atoms with E-state index in [2.05, 4.69) is 10.3 Å². The monoisotopic (exact) mass is 377 g/mol. The summed E-state index contributed by atoms with van der Waals surface area (Å²) in [5, 5.41) is 22.3. The normalized spacial score (nSPS) is 11.5. The summed E-state index contributed by atoms with van der Waals surface area (Å²) < 4.78 is 5.75. The quantitative estimate of drug-likeness (QED) is 0.653. The van der Waals surface area contributed by atoms with Gasteiger partial charge in [-0.25, -0.2) is 4.98 Å². The SMILES string of the molecule is C[C@@H](NC(=O)CSc1nc(N)c(C#N)cc1C#N)c1cc2ccccc2o1. The van der Waals surface area contributed by atoms with Gasteiger partial charge in [0.25, 0.3) is 0 Å². The number of fused-ring (bicyclic) bond motifs is 1. The summed E-state index contributed by atoms with van der Waals surface area (Å²) in [4.78, 5) is 16.3.